The highest BCUT2D eigenvalue weighted by molar-refractivity contribution is 5.93. The molecule has 0 aliphatic carbocycles. The van der Waals surface area contributed by atoms with Gasteiger partial charge in [-0.15, -0.1) is 0 Å². The van der Waals surface area contributed by atoms with Crippen LogP contribution < -0.4 is 11.1 Å². The van der Waals surface area contributed by atoms with Crippen molar-refractivity contribution in [3.05, 3.63) is 18.0 Å². The number of hydrogen-bond donors (Lipinski definition) is 2. The molecule has 1 aromatic rings. The van der Waals surface area contributed by atoms with Gasteiger partial charge in [0.05, 0.1) is 5.69 Å². The molecule has 1 saturated heterocycles. The van der Waals surface area contributed by atoms with Crippen molar-refractivity contribution in [2.24, 2.45) is 0 Å². The minimum absolute atomic E-state index is 0.0171. The van der Waals surface area contributed by atoms with E-state index < -0.39 is 0 Å². The van der Waals surface area contributed by atoms with Crippen LogP contribution in [0, 0.1) is 0 Å². The Labute approximate surface area is 121 Å². The van der Waals surface area contributed by atoms with E-state index >= 15 is 0 Å². The third kappa shape index (κ3) is 4.00. The summed E-state index contributed by atoms with van der Waals surface area (Å²) >= 11 is 0. The van der Waals surface area contributed by atoms with E-state index in [4.69, 9.17) is 5.73 Å². The van der Waals surface area contributed by atoms with Crippen molar-refractivity contribution >= 4 is 11.6 Å². The lowest BCUT2D eigenvalue weighted by atomic mass is 10.3. The first-order chi connectivity index (χ1) is 9.70. The maximum absolute atomic E-state index is 12.1. The van der Waals surface area contributed by atoms with Crippen molar-refractivity contribution in [3.8, 4) is 0 Å². The molecule has 0 radical (unpaired) electrons. The lowest BCUT2D eigenvalue weighted by Crippen LogP contribution is -2.29. The van der Waals surface area contributed by atoms with E-state index in [1.165, 1.54) is 25.9 Å². The average molecular weight is 278 g/mol. The van der Waals surface area contributed by atoms with E-state index in [1.54, 1.807) is 6.07 Å². The smallest absolute Gasteiger partial charge is 0.267 e. The van der Waals surface area contributed by atoms with E-state index in [1.807, 2.05) is 10.8 Å². The van der Waals surface area contributed by atoms with Gasteiger partial charge >= 0.3 is 0 Å². The molecule has 1 amide bonds. The summed E-state index contributed by atoms with van der Waals surface area (Å²) < 4.78 is 1.94. The Morgan fingerprint density at radius 3 is 2.80 bits per heavy atom. The molecule has 112 valence electrons. The Balaban J connectivity index is 1.76. The number of carbonyl (C=O) groups excluding carboxylic acids is 1. The number of amides is 1. The number of nitrogens with zero attached hydrogens (tertiary/aromatic N) is 2. The molecule has 5 heteroatoms. The zero-order valence-corrected chi connectivity index (χ0v) is 12.4. The van der Waals surface area contributed by atoms with E-state index in [-0.39, 0.29) is 5.91 Å². The van der Waals surface area contributed by atoms with Crippen LogP contribution in [0.4, 0.5) is 5.69 Å². The molecule has 20 heavy (non-hydrogen) atoms. The maximum Gasteiger partial charge on any atom is 0.267 e. The number of aromatic nitrogens is 1. The molecule has 1 aliphatic rings. The third-order valence-electron chi connectivity index (χ3n) is 3.75. The van der Waals surface area contributed by atoms with Gasteiger partial charge in [0.25, 0.3) is 5.91 Å². The van der Waals surface area contributed by atoms with Crippen LogP contribution in [-0.2, 0) is 6.54 Å². The summed E-state index contributed by atoms with van der Waals surface area (Å²) in [6, 6.07) is 1.76. The largest absolute Gasteiger partial charge is 0.397 e. The second-order valence-corrected chi connectivity index (χ2v) is 5.51. The summed E-state index contributed by atoms with van der Waals surface area (Å²) in [6.07, 6.45) is 6.47. The topological polar surface area (TPSA) is 63.3 Å². The highest BCUT2D eigenvalue weighted by Gasteiger charge is 2.13. The number of carbonyl (C=O) groups is 1. The minimum Gasteiger partial charge on any atom is -0.397 e. The third-order valence-corrected chi connectivity index (χ3v) is 3.75. The molecule has 2 heterocycles. The van der Waals surface area contributed by atoms with E-state index in [0.29, 0.717) is 11.4 Å². The van der Waals surface area contributed by atoms with Gasteiger partial charge in [-0.2, -0.15) is 0 Å². The lowest BCUT2D eigenvalue weighted by Gasteiger charge is -2.14. The van der Waals surface area contributed by atoms with Gasteiger partial charge in [0, 0.05) is 19.3 Å². The first-order valence-electron chi connectivity index (χ1n) is 7.67. The van der Waals surface area contributed by atoms with E-state index in [9.17, 15) is 4.79 Å². The maximum atomic E-state index is 12.1. The van der Waals surface area contributed by atoms with Gasteiger partial charge in [0.15, 0.2) is 0 Å². The lowest BCUT2D eigenvalue weighted by molar-refractivity contribution is 0.0942. The molecule has 1 fully saturated rings. The number of nitrogens with one attached hydrogen (secondary N) is 1. The monoisotopic (exact) mass is 278 g/mol. The number of rotatable bonds is 7. The first-order valence-corrected chi connectivity index (χ1v) is 7.67. The van der Waals surface area contributed by atoms with E-state index in [2.05, 4.69) is 17.1 Å². The fourth-order valence-electron chi connectivity index (χ4n) is 2.75. The Bertz CT molecular complexity index is 435. The minimum atomic E-state index is -0.0171. The highest BCUT2D eigenvalue weighted by Crippen LogP contribution is 2.11. The molecular weight excluding hydrogens is 252 g/mol. The summed E-state index contributed by atoms with van der Waals surface area (Å²) in [5.74, 6) is -0.0171. The number of nitrogen functional groups attached to an aromatic ring is 1. The molecule has 0 saturated carbocycles. The molecule has 0 spiro atoms. The second-order valence-electron chi connectivity index (χ2n) is 5.51. The van der Waals surface area contributed by atoms with Crippen LogP contribution in [0.5, 0.6) is 0 Å². The van der Waals surface area contributed by atoms with E-state index in [0.717, 1.165) is 32.5 Å². The second kappa shape index (κ2) is 7.33. The quantitative estimate of drug-likeness (QED) is 0.746. The Morgan fingerprint density at radius 1 is 1.35 bits per heavy atom. The van der Waals surface area contributed by atoms with Crippen molar-refractivity contribution in [2.75, 3.05) is 31.9 Å². The Kier molecular flexibility index (Phi) is 5.47. The molecule has 1 aliphatic heterocycles. The van der Waals surface area contributed by atoms with Crippen LogP contribution in [0.2, 0.25) is 0 Å². The normalized spacial score (nSPS) is 15.7. The fourth-order valence-corrected chi connectivity index (χ4v) is 2.75. The SMILES string of the molecule is CCCn1cc(N)cc1C(=O)NCCCN1CCCC1. The van der Waals surface area contributed by atoms with Crippen LogP contribution in [0.25, 0.3) is 0 Å². The molecule has 2 rings (SSSR count). The predicted octanol–water partition coefficient (Wildman–Crippen LogP) is 1.70. The Morgan fingerprint density at radius 2 is 2.10 bits per heavy atom. The van der Waals surface area contributed by atoms with Crippen molar-refractivity contribution < 1.29 is 4.79 Å². The molecule has 0 aromatic carbocycles. The van der Waals surface area contributed by atoms with Gasteiger partial charge in [0.1, 0.15) is 5.69 Å². The number of nitrogens with two attached hydrogens (primary N) is 1. The van der Waals surface area contributed by atoms with Crippen LogP contribution in [0.1, 0.15) is 43.1 Å². The van der Waals surface area contributed by atoms with Gasteiger partial charge in [-0.25, -0.2) is 0 Å². The molecule has 0 atom stereocenters. The highest BCUT2D eigenvalue weighted by atomic mass is 16.1. The summed E-state index contributed by atoms with van der Waals surface area (Å²) in [4.78, 5) is 14.6. The zero-order valence-electron chi connectivity index (χ0n) is 12.4. The van der Waals surface area contributed by atoms with Crippen LogP contribution in [0.3, 0.4) is 0 Å². The molecule has 0 unspecified atom stereocenters. The number of likely N-dealkylation sites (tertiary alicyclic amines) is 1. The van der Waals surface area contributed by atoms with Crippen LogP contribution >= 0.6 is 0 Å². The van der Waals surface area contributed by atoms with Crippen molar-refractivity contribution in [1.29, 1.82) is 0 Å². The molecule has 5 nitrogen and oxygen atoms in total. The molecule has 1 aromatic heterocycles. The predicted molar refractivity (Wildman–Crippen MR) is 81.8 cm³/mol. The molecule has 0 bridgehead atoms. The first kappa shape index (κ1) is 14.9. The van der Waals surface area contributed by atoms with Crippen molar-refractivity contribution in [3.63, 3.8) is 0 Å². The number of hydrogen-bond acceptors (Lipinski definition) is 3. The van der Waals surface area contributed by atoms with Gasteiger partial charge in [-0.1, -0.05) is 6.92 Å². The van der Waals surface area contributed by atoms with Crippen molar-refractivity contribution in [1.82, 2.24) is 14.8 Å². The summed E-state index contributed by atoms with van der Waals surface area (Å²) in [6.45, 7) is 7.15. The molecule has 3 N–H and O–H groups in total. The van der Waals surface area contributed by atoms with Gasteiger partial charge in [-0.05, 0) is 51.4 Å². The van der Waals surface area contributed by atoms with Crippen molar-refractivity contribution in [2.45, 2.75) is 39.2 Å². The van der Waals surface area contributed by atoms with Gasteiger partial charge in [-0.3, -0.25) is 4.79 Å². The zero-order chi connectivity index (χ0) is 14.4. The standard InChI is InChI=1S/C15H26N4O/c1-2-7-19-12-13(16)11-14(19)15(20)17-6-5-10-18-8-3-4-9-18/h11-12H,2-10,16H2,1H3,(H,17,20). The number of anilines is 1. The summed E-state index contributed by atoms with van der Waals surface area (Å²) in [7, 11) is 0. The average Bonchev–Trinajstić information content (AvgIpc) is 3.05. The number of aryl methyl sites for hydroxylation is 1. The van der Waals surface area contributed by atoms with Gasteiger partial charge in [0.2, 0.25) is 0 Å². The van der Waals surface area contributed by atoms with Crippen LogP contribution in [-0.4, -0.2) is 41.6 Å². The summed E-state index contributed by atoms with van der Waals surface area (Å²) in [5.41, 5.74) is 7.10. The molecular formula is C15H26N4O. The van der Waals surface area contributed by atoms with Gasteiger partial charge < -0.3 is 20.5 Å². The summed E-state index contributed by atoms with van der Waals surface area (Å²) in [5, 5.41) is 2.99. The van der Waals surface area contributed by atoms with Crippen LogP contribution in [0.15, 0.2) is 12.3 Å². The Hall–Kier alpha value is -1.49. The fraction of sp³-hybridized carbons (Fsp3) is 0.667.